The lowest BCUT2D eigenvalue weighted by molar-refractivity contribution is -0.143. The molecule has 0 aliphatic carbocycles. The van der Waals surface area contributed by atoms with Crippen molar-refractivity contribution in [3.05, 3.63) is 0 Å². The van der Waals surface area contributed by atoms with Crippen LogP contribution in [0.1, 0.15) is 26.2 Å². The van der Waals surface area contributed by atoms with Gasteiger partial charge in [0.2, 0.25) is 0 Å². The second-order valence-electron chi connectivity index (χ2n) is 3.15. The van der Waals surface area contributed by atoms with Crippen LogP contribution in [0.4, 0.5) is 0 Å². The molecule has 1 rings (SSSR count). The molecule has 1 saturated heterocycles. The third-order valence-corrected chi connectivity index (χ3v) is 3.40. The molecule has 13 heavy (non-hydrogen) atoms. The molecule has 0 aromatic carbocycles. The maximum Gasteiger partial charge on any atom is 0.305 e. The minimum Gasteiger partial charge on any atom is -0.466 e. The fraction of sp³-hybridized carbons (Fsp3) is 0.889. The maximum atomic E-state index is 11.0. The van der Waals surface area contributed by atoms with Crippen molar-refractivity contribution in [1.29, 1.82) is 0 Å². The Morgan fingerprint density at radius 1 is 1.69 bits per heavy atom. The van der Waals surface area contributed by atoms with Crippen molar-refractivity contribution in [2.75, 3.05) is 12.4 Å². The van der Waals surface area contributed by atoms with Gasteiger partial charge in [-0.3, -0.25) is 4.79 Å². The van der Waals surface area contributed by atoms with E-state index in [1.165, 1.54) is 0 Å². The zero-order valence-electron chi connectivity index (χ0n) is 7.86. The van der Waals surface area contributed by atoms with Crippen LogP contribution >= 0.6 is 11.8 Å². The first kappa shape index (κ1) is 10.9. The lowest BCUT2D eigenvalue weighted by atomic mass is 10.0. The Hall–Kier alpha value is -0.220. The van der Waals surface area contributed by atoms with Crippen LogP contribution in [0.5, 0.6) is 0 Å². The minimum absolute atomic E-state index is 0.147. The second-order valence-corrected chi connectivity index (χ2v) is 4.38. The average molecular weight is 204 g/mol. The summed E-state index contributed by atoms with van der Waals surface area (Å²) in [6.07, 6.45) is 2.22. The maximum absolute atomic E-state index is 11.0. The van der Waals surface area contributed by atoms with E-state index in [1.807, 2.05) is 0 Å². The van der Waals surface area contributed by atoms with Crippen LogP contribution in [-0.4, -0.2) is 28.9 Å². The van der Waals surface area contributed by atoms with Gasteiger partial charge in [0.05, 0.1) is 6.61 Å². The highest BCUT2D eigenvalue weighted by molar-refractivity contribution is 7.99. The van der Waals surface area contributed by atoms with Crippen LogP contribution in [-0.2, 0) is 9.53 Å². The summed E-state index contributed by atoms with van der Waals surface area (Å²) in [6.45, 7) is 2.25. The fourth-order valence-corrected chi connectivity index (χ4v) is 2.67. The van der Waals surface area contributed by atoms with E-state index in [4.69, 9.17) is 4.74 Å². The monoisotopic (exact) mass is 204 g/mol. The number of esters is 1. The van der Waals surface area contributed by atoms with E-state index in [0.29, 0.717) is 13.0 Å². The summed E-state index contributed by atoms with van der Waals surface area (Å²) < 4.78 is 4.81. The van der Waals surface area contributed by atoms with Crippen molar-refractivity contribution < 1.29 is 14.6 Å². The molecule has 0 amide bonds. The van der Waals surface area contributed by atoms with Crippen LogP contribution in [0.2, 0.25) is 0 Å². The van der Waals surface area contributed by atoms with E-state index in [-0.39, 0.29) is 17.3 Å². The quantitative estimate of drug-likeness (QED) is 0.703. The number of aliphatic hydroxyl groups is 1. The van der Waals surface area contributed by atoms with Gasteiger partial charge in [-0.25, -0.2) is 0 Å². The van der Waals surface area contributed by atoms with Gasteiger partial charge in [-0.2, -0.15) is 0 Å². The van der Waals surface area contributed by atoms with E-state index in [0.717, 1.165) is 18.6 Å². The minimum atomic E-state index is -0.269. The van der Waals surface area contributed by atoms with E-state index < -0.39 is 0 Å². The van der Waals surface area contributed by atoms with Crippen LogP contribution < -0.4 is 0 Å². The van der Waals surface area contributed by atoms with Gasteiger partial charge < -0.3 is 9.84 Å². The summed E-state index contributed by atoms with van der Waals surface area (Å²) in [5.74, 6) is 1.15. The topological polar surface area (TPSA) is 46.5 Å². The van der Waals surface area contributed by atoms with Gasteiger partial charge in [-0.1, -0.05) is 0 Å². The predicted octanol–water partition coefficient (Wildman–Crippen LogP) is 1.40. The average Bonchev–Trinajstić information content (AvgIpc) is 2.48. The van der Waals surface area contributed by atoms with Gasteiger partial charge in [0, 0.05) is 6.42 Å². The third-order valence-electron chi connectivity index (χ3n) is 2.21. The molecule has 0 bridgehead atoms. The molecule has 1 aliphatic rings. The van der Waals surface area contributed by atoms with Gasteiger partial charge in [0.25, 0.3) is 0 Å². The Balaban J connectivity index is 2.14. The van der Waals surface area contributed by atoms with Gasteiger partial charge in [0.15, 0.2) is 0 Å². The molecule has 1 aliphatic heterocycles. The van der Waals surface area contributed by atoms with Crippen molar-refractivity contribution in [2.24, 2.45) is 5.92 Å². The molecule has 1 heterocycles. The molecular formula is C9H16O3S. The number of aliphatic hydroxyl groups excluding tert-OH is 1. The third kappa shape index (κ3) is 3.56. The molecule has 0 aromatic rings. The molecular weight excluding hydrogens is 188 g/mol. The number of rotatable bonds is 4. The second kappa shape index (κ2) is 5.50. The van der Waals surface area contributed by atoms with Crippen LogP contribution in [0, 0.1) is 5.92 Å². The highest BCUT2D eigenvalue weighted by Crippen LogP contribution is 2.33. The molecule has 1 unspecified atom stereocenters. The van der Waals surface area contributed by atoms with Crippen molar-refractivity contribution in [2.45, 2.75) is 31.6 Å². The molecule has 0 saturated carbocycles. The largest absolute Gasteiger partial charge is 0.466 e. The first-order valence-electron chi connectivity index (χ1n) is 4.69. The Morgan fingerprint density at radius 2 is 2.46 bits per heavy atom. The predicted molar refractivity (Wildman–Crippen MR) is 52.4 cm³/mol. The van der Waals surface area contributed by atoms with Gasteiger partial charge in [-0.05, 0) is 31.4 Å². The van der Waals surface area contributed by atoms with E-state index >= 15 is 0 Å². The number of hydrogen-bond donors (Lipinski definition) is 1. The summed E-state index contributed by atoms with van der Waals surface area (Å²) >= 11 is 1.57. The molecule has 4 heteroatoms. The van der Waals surface area contributed by atoms with E-state index in [2.05, 4.69) is 0 Å². The molecule has 1 N–H and O–H groups in total. The molecule has 0 spiro atoms. The van der Waals surface area contributed by atoms with Gasteiger partial charge in [-0.15, -0.1) is 11.8 Å². The van der Waals surface area contributed by atoms with Gasteiger partial charge in [0.1, 0.15) is 5.44 Å². The lowest BCUT2D eigenvalue weighted by Crippen LogP contribution is -2.13. The normalized spacial score (nSPS) is 27.5. The number of thioether (sulfide) groups is 1. The Bertz CT molecular complexity index is 172. The number of carbonyl (C=O) groups is 1. The number of carbonyl (C=O) groups excluding carboxylic acids is 1. The van der Waals surface area contributed by atoms with Crippen molar-refractivity contribution in [3.8, 4) is 0 Å². The van der Waals surface area contributed by atoms with Crippen molar-refractivity contribution >= 4 is 17.7 Å². The summed E-state index contributed by atoms with van der Waals surface area (Å²) in [5.41, 5.74) is -0.269. The SMILES string of the molecule is CCOC(=O)CCC1CCS[C@@H]1O. The molecule has 2 atom stereocenters. The molecule has 76 valence electrons. The van der Waals surface area contributed by atoms with Crippen molar-refractivity contribution in [3.63, 3.8) is 0 Å². The number of ether oxygens (including phenoxy) is 1. The first-order chi connectivity index (χ1) is 6.24. The van der Waals surface area contributed by atoms with Gasteiger partial charge >= 0.3 is 5.97 Å². The Kier molecular flexibility index (Phi) is 4.59. The Labute approximate surface area is 82.8 Å². The van der Waals surface area contributed by atoms with Crippen molar-refractivity contribution in [1.82, 2.24) is 0 Å². The molecule has 0 radical (unpaired) electrons. The zero-order valence-corrected chi connectivity index (χ0v) is 8.68. The summed E-state index contributed by atoms with van der Waals surface area (Å²) in [5, 5.41) is 9.44. The number of hydrogen-bond acceptors (Lipinski definition) is 4. The summed E-state index contributed by atoms with van der Waals surface area (Å²) in [7, 11) is 0. The molecule has 0 aromatic heterocycles. The lowest BCUT2D eigenvalue weighted by Gasteiger charge is -2.11. The fourth-order valence-electron chi connectivity index (χ4n) is 1.44. The Morgan fingerprint density at radius 3 is 3.00 bits per heavy atom. The molecule has 3 nitrogen and oxygen atoms in total. The van der Waals surface area contributed by atoms with E-state index in [1.54, 1.807) is 18.7 Å². The standard InChI is InChI=1S/C9H16O3S/c1-2-12-8(10)4-3-7-5-6-13-9(7)11/h7,9,11H,2-6H2,1H3/t7?,9-/m0/s1. The highest BCUT2D eigenvalue weighted by atomic mass is 32.2. The highest BCUT2D eigenvalue weighted by Gasteiger charge is 2.26. The summed E-state index contributed by atoms with van der Waals surface area (Å²) in [6, 6.07) is 0. The zero-order chi connectivity index (χ0) is 9.68. The van der Waals surface area contributed by atoms with Crippen LogP contribution in [0.25, 0.3) is 0 Å². The van der Waals surface area contributed by atoms with Crippen LogP contribution in [0.3, 0.4) is 0 Å². The molecule has 1 fully saturated rings. The van der Waals surface area contributed by atoms with E-state index in [9.17, 15) is 9.90 Å². The summed E-state index contributed by atoms with van der Waals surface area (Å²) in [4.78, 5) is 11.0. The first-order valence-corrected chi connectivity index (χ1v) is 5.74. The van der Waals surface area contributed by atoms with Crippen LogP contribution in [0.15, 0.2) is 0 Å². The smallest absolute Gasteiger partial charge is 0.305 e.